The summed E-state index contributed by atoms with van der Waals surface area (Å²) in [7, 11) is 0. The van der Waals surface area contributed by atoms with Crippen molar-refractivity contribution < 1.29 is 4.39 Å². The van der Waals surface area contributed by atoms with Crippen LogP contribution in [-0.4, -0.2) is 6.54 Å². The minimum atomic E-state index is -0.217. The second kappa shape index (κ2) is 4.53. The maximum Gasteiger partial charge on any atom is 0.123 e. The van der Waals surface area contributed by atoms with Crippen molar-refractivity contribution >= 4 is 0 Å². The zero-order chi connectivity index (χ0) is 8.81. The third-order valence-electron chi connectivity index (χ3n) is 1.43. The van der Waals surface area contributed by atoms with Crippen LogP contribution in [0, 0.1) is 17.7 Å². The van der Waals surface area contributed by atoms with E-state index < -0.39 is 0 Å². The molecule has 0 unspecified atom stereocenters. The van der Waals surface area contributed by atoms with Gasteiger partial charge in [0.2, 0.25) is 0 Å². The van der Waals surface area contributed by atoms with Crippen molar-refractivity contribution in [2.24, 2.45) is 5.73 Å². The fourth-order valence-corrected chi connectivity index (χ4v) is 0.839. The molecule has 0 aromatic heterocycles. The molecule has 0 heterocycles. The quantitative estimate of drug-likeness (QED) is 0.621. The maximum absolute atomic E-state index is 12.4. The molecule has 0 fully saturated rings. The van der Waals surface area contributed by atoms with Crippen LogP contribution in [0.25, 0.3) is 0 Å². The van der Waals surface area contributed by atoms with Crippen LogP contribution in [0.3, 0.4) is 0 Å². The van der Waals surface area contributed by atoms with Crippen molar-refractivity contribution in [3.63, 3.8) is 0 Å². The van der Waals surface area contributed by atoms with Gasteiger partial charge in [-0.25, -0.2) is 4.39 Å². The molecule has 0 amide bonds. The van der Waals surface area contributed by atoms with E-state index >= 15 is 0 Å². The highest BCUT2D eigenvalue weighted by atomic mass is 19.1. The van der Waals surface area contributed by atoms with Gasteiger partial charge < -0.3 is 5.73 Å². The van der Waals surface area contributed by atoms with E-state index in [4.69, 9.17) is 5.73 Å². The molecule has 1 rings (SSSR count). The summed E-state index contributed by atoms with van der Waals surface area (Å²) in [6, 6.07) is 6.31. The molecule has 0 atom stereocenters. The predicted octanol–water partition coefficient (Wildman–Crippen LogP) is 1.33. The summed E-state index contributed by atoms with van der Waals surface area (Å²) in [5.74, 6) is 5.40. The first-order chi connectivity index (χ1) is 5.83. The summed E-state index contributed by atoms with van der Waals surface area (Å²) < 4.78 is 12.4. The zero-order valence-corrected chi connectivity index (χ0v) is 6.68. The molecular weight excluding hydrogens is 153 g/mol. The molecule has 0 aliphatic rings. The molecule has 1 aromatic carbocycles. The zero-order valence-electron chi connectivity index (χ0n) is 6.68. The van der Waals surface area contributed by atoms with Crippen LogP contribution >= 0.6 is 0 Å². The molecule has 0 spiro atoms. The Balaban J connectivity index is 2.59. The largest absolute Gasteiger partial charge is 0.320 e. The maximum atomic E-state index is 12.4. The van der Waals surface area contributed by atoms with Gasteiger partial charge in [-0.15, -0.1) is 0 Å². The summed E-state index contributed by atoms with van der Waals surface area (Å²) in [6.45, 7) is 0.376. The number of benzene rings is 1. The van der Waals surface area contributed by atoms with Crippen LogP contribution in [0.1, 0.15) is 5.56 Å². The molecule has 0 bridgehead atoms. The SMILES string of the molecule is NCC#CCc1ccc(F)cc1. The first kappa shape index (κ1) is 8.76. The van der Waals surface area contributed by atoms with E-state index in [2.05, 4.69) is 11.8 Å². The van der Waals surface area contributed by atoms with Crippen LogP contribution in [0.4, 0.5) is 4.39 Å². The van der Waals surface area contributed by atoms with Crippen molar-refractivity contribution in [2.45, 2.75) is 6.42 Å². The lowest BCUT2D eigenvalue weighted by atomic mass is 10.1. The molecule has 62 valence electrons. The van der Waals surface area contributed by atoms with Crippen LogP contribution < -0.4 is 5.73 Å². The number of halogens is 1. The topological polar surface area (TPSA) is 26.0 Å². The molecule has 0 aliphatic heterocycles. The van der Waals surface area contributed by atoms with Gasteiger partial charge in [0.1, 0.15) is 5.82 Å². The third-order valence-corrected chi connectivity index (χ3v) is 1.43. The normalized spacial score (nSPS) is 8.83. The van der Waals surface area contributed by atoms with Crippen LogP contribution in [0.15, 0.2) is 24.3 Å². The Hall–Kier alpha value is -1.33. The highest BCUT2D eigenvalue weighted by molar-refractivity contribution is 5.21. The van der Waals surface area contributed by atoms with E-state index in [0.717, 1.165) is 5.56 Å². The van der Waals surface area contributed by atoms with Crippen molar-refractivity contribution in [1.82, 2.24) is 0 Å². The molecule has 0 saturated carbocycles. The van der Waals surface area contributed by atoms with Gasteiger partial charge in [-0.1, -0.05) is 24.0 Å². The van der Waals surface area contributed by atoms with Gasteiger partial charge in [0, 0.05) is 6.42 Å². The molecule has 1 nitrogen and oxygen atoms in total. The summed E-state index contributed by atoms with van der Waals surface area (Å²) in [6.07, 6.45) is 0.636. The minimum Gasteiger partial charge on any atom is -0.320 e. The molecule has 12 heavy (non-hydrogen) atoms. The Morgan fingerprint density at radius 3 is 2.42 bits per heavy atom. The Kier molecular flexibility index (Phi) is 3.31. The Bertz CT molecular complexity index is 292. The third kappa shape index (κ3) is 2.73. The molecule has 0 radical (unpaired) electrons. The number of rotatable bonds is 1. The fourth-order valence-electron chi connectivity index (χ4n) is 0.839. The van der Waals surface area contributed by atoms with E-state index in [1.54, 1.807) is 12.1 Å². The number of hydrogen-bond donors (Lipinski definition) is 1. The molecular formula is C10H10FN. The first-order valence-corrected chi connectivity index (χ1v) is 3.73. The first-order valence-electron chi connectivity index (χ1n) is 3.73. The van der Waals surface area contributed by atoms with Crippen molar-refractivity contribution in [3.8, 4) is 11.8 Å². The lowest BCUT2D eigenvalue weighted by Crippen LogP contribution is -1.93. The molecule has 2 N–H and O–H groups in total. The van der Waals surface area contributed by atoms with Crippen LogP contribution in [-0.2, 0) is 6.42 Å². The Morgan fingerprint density at radius 2 is 1.83 bits per heavy atom. The number of hydrogen-bond acceptors (Lipinski definition) is 1. The predicted molar refractivity (Wildman–Crippen MR) is 46.9 cm³/mol. The van der Waals surface area contributed by atoms with E-state index in [-0.39, 0.29) is 5.82 Å². The highest BCUT2D eigenvalue weighted by Crippen LogP contribution is 2.02. The second-order valence-electron chi connectivity index (χ2n) is 2.36. The van der Waals surface area contributed by atoms with Crippen molar-refractivity contribution in [1.29, 1.82) is 0 Å². The second-order valence-corrected chi connectivity index (χ2v) is 2.36. The smallest absolute Gasteiger partial charge is 0.123 e. The lowest BCUT2D eigenvalue weighted by Gasteiger charge is -1.92. The van der Waals surface area contributed by atoms with E-state index in [1.807, 2.05) is 0 Å². The standard InChI is InChI=1S/C10H10FN/c11-10-6-4-9(5-7-10)3-1-2-8-12/h4-7H,3,8,12H2. The van der Waals surface area contributed by atoms with Crippen LogP contribution in [0.2, 0.25) is 0 Å². The molecule has 2 heteroatoms. The summed E-state index contributed by atoms with van der Waals surface area (Å²) in [5, 5.41) is 0. The lowest BCUT2D eigenvalue weighted by molar-refractivity contribution is 0.627. The fraction of sp³-hybridized carbons (Fsp3) is 0.200. The van der Waals surface area contributed by atoms with Gasteiger partial charge in [-0.3, -0.25) is 0 Å². The summed E-state index contributed by atoms with van der Waals surface area (Å²) >= 11 is 0. The van der Waals surface area contributed by atoms with Gasteiger partial charge in [0.05, 0.1) is 6.54 Å². The van der Waals surface area contributed by atoms with E-state index in [9.17, 15) is 4.39 Å². The van der Waals surface area contributed by atoms with Gasteiger partial charge in [-0.05, 0) is 17.7 Å². The Labute approximate surface area is 71.4 Å². The summed E-state index contributed by atoms with van der Waals surface area (Å²) in [5.41, 5.74) is 6.19. The highest BCUT2D eigenvalue weighted by Gasteiger charge is 1.89. The Morgan fingerprint density at radius 1 is 1.17 bits per heavy atom. The summed E-state index contributed by atoms with van der Waals surface area (Å²) in [4.78, 5) is 0. The number of nitrogens with two attached hydrogens (primary N) is 1. The van der Waals surface area contributed by atoms with Gasteiger partial charge in [0.15, 0.2) is 0 Å². The molecule has 0 aliphatic carbocycles. The minimum absolute atomic E-state index is 0.217. The molecule has 0 saturated heterocycles. The van der Waals surface area contributed by atoms with Gasteiger partial charge in [-0.2, -0.15) is 0 Å². The van der Waals surface area contributed by atoms with Crippen molar-refractivity contribution in [2.75, 3.05) is 6.54 Å². The van der Waals surface area contributed by atoms with E-state index in [0.29, 0.717) is 13.0 Å². The van der Waals surface area contributed by atoms with Gasteiger partial charge in [0.25, 0.3) is 0 Å². The molecule has 1 aromatic rings. The van der Waals surface area contributed by atoms with E-state index in [1.165, 1.54) is 12.1 Å². The van der Waals surface area contributed by atoms with Crippen molar-refractivity contribution in [3.05, 3.63) is 35.6 Å². The average Bonchev–Trinajstić information content (AvgIpc) is 2.09. The monoisotopic (exact) mass is 163 g/mol. The van der Waals surface area contributed by atoms with Crippen LogP contribution in [0.5, 0.6) is 0 Å². The van der Waals surface area contributed by atoms with Gasteiger partial charge >= 0.3 is 0 Å². The average molecular weight is 163 g/mol.